The second-order valence-corrected chi connectivity index (χ2v) is 7.26. The van der Waals surface area contributed by atoms with Gasteiger partial charge >= 0.3 is 0 Å². The monoisotopic (exact) mass is 430 g/mol. The van der Waals surface area contributed by atoms with Crippen molar-refractivity contribution in [2.45, 2.75) is 10.8 Å². The molecule has 0 bridgehead atoms. The lowest BCUT2D eigenvalue weighted by atomic mass is 9.97. The number of methoxy groups -OCH3 is 1. The molecule has 0 atom stereocenters. The lowest BCUT2D eigenvalue weighted by Crippen LogP contribution is -2.19. The molecule has 31 heavy (non-hydrogen) atoms. The van der Waals surface area contributed by atoms with Crippen molar-refractivity contribution in [2.75, 3.05) is 19.9 Å². The van der Waals surface area contributed by atoms with Crippen molar-refractivity contribution in [2.24, 2.45) is 0 Å². The number of carbonyl (C=O) groups excluding carboxylic acids is 1. The van der Waals surface area contributed by atoms with Gasteiger partial charge in [-0.2, -0.15) is 10.5 Å². The zero-order valence-electron chi connectivity index (χ0n) is 16.8. The van der Waals surface area contributed by atoms with E-state index in [-0.39, 0.29) is 22.9 Å². The first-order valence-electron chi connectivity index (χ1n) is 9.10. The molecule has 0 radical (unpaired) electrons. The topological polar surface area (TPSA) is 138 Å². The number of amides is 1. The predicted octanol–water partition coefficient (Wildman–Crippen LogP) is 3.13. The van der Waals surface area contributed by atoms with Gasteiger partial charge in [0.2, 0.25) is 0 Å². The summed E-state index contributed by atoms with van der Waals surface area (Å²) in [5.41, 5.74) is 8.70. The van der Waals surface area contributed by atoms with Crippen molar-refractivity contribution in [3.63, 3.8) is 0 Å². The van der Waals surface area contributed by atoms with Crippen molar-refractivity contribution in [1.82, 2.24) is 15.3 Å². The van der Waals surface area contributed by atoms with E-state index in [0.29, 0.717) is 33.3 Å². The molecule has 0 saturated carbocycles. The maximum Gasteiger partial charge on any atom is 0.269 e. The van der Waals surface area contributed by atoms with Crippen LogP contribution < -0.4 is 15.8 Å². The lowest BCUT2D eigenvalue weighted by molar-refractivity contribution is 0.0958. The molecule has 2 heterocycles. The number of pyridine rings is 2. The molecule has 9 heteroatoms. The number of nitriles is 2. The Hall–Kier alpha value is -4.08. The normalized spacial score (nSPS) is 10.1. The maximum absolute atomic E-state index is 11.8. The molecule has 0 unspecified atom stereocenters. The minimum Gasteiger partial charge on any atom is -0.497 e. The number of nitrogens with one attached hydrogen (secondary N) is 1. The first kappa shape index (κ1) is 21.6. The zero-order chi connectivity index (χ0) is 22.4. The standard InChI is InChI=1S/C22H18N6O2S/c1-26-21(29)18-9-13(7-8-27-18)12-31-22-17(11-24)19(16(10-23)20(25)28-22)14-3-5-15(30-2)6-4-14/h3-9H,12H2,1-2H3,(H2,25,28)(H,26,29). The predicted molar refractivity (Wildman–Crippen MR) is 117 cm³/mol. The minimum atomic E-state index is -0.285. The number of nitrogens with zero attached hydrogens (tertiary/aromatic N) is 4. The van der Waals surface area contributed by atoms with Crippen LogP contribution in [0.4, 0.5) is 5.82 Å². The average Bonchev–Trinajstić information content (AvgIpc) is 2.81. The van der Waals surface area contributed by atoms with E-state index in [2.05, 4.69) is 27.4 Å². The highest BCUT2D eigenvalue weighted by molar-refractivity contribution is 7.98. The van der Waals surface area contributed by atoms with Crippen LogP contribution in [-0.2, 0) is 5.75 Å². The summed E-state index contributed by atoms with van der Waals surface area (Å²) in [6.07, 6.45) is 1.55. The summed E-state index contributed by atoms with van der Waals surface area (Å²) in [5, 5.41) is 22.4. The van der Waals surface area contributed by atoms with Crippen LogP contribution >= 0.6 is 11.8 Å². The number of aromatic nitrogens is 2. The Balaban J connectivity index is 2.02. The van der Waals surface area contributed by atoms with E-state index in [1.165, 1.54) is 18.8 Å². The molecule has 3 rings (SSSR count). The molecule has 0 aliphatic rings. The van der Waals surface area contributed by atoms with Crippen LogP contribution in [0, 0.1) is 22.7 Å². The average molecular weight is 430 g/mol. The number of nitrogen functional groups attached to an aromatic ring is 1. The molecule has 2 aromatic heterocycles. The summed E-state index contributed by atoms with van der Waals surface area (Å²) >= 11 is 1.30. The molecule has 0 aliphatic heterocycles. The molecule has 0 spiro atoms. The van der Waals surface area contributed by atoms with Crippen LogP contribution in [0.1, 0.15) is 27.2 Å². The van der Waals surface area contributed by atoms with Gasteiger partial charge in [0, 0.05) is 24.6 Å². The number of hydrogen-bond donors (Lipinski definition) is 2. The number of hydrogen-bond acceptors (Lipinski definition) is 8. The Labute approximate surface area is 183 Å². The van der Waals surface area contributed by atoms with Gasteiger partial charge in [-0.3, -0.25) is 9.78 Å². The van der Waals surface area contributed by atoms with Crippen LogP contribution in [0.15, 0.2) is 47.6 Å². The molecule has 0 fully saturated rings. The molecular weight excluding hydrogens is 412 g/mol. The number of carbonyl (C=O) groups is 1. The number of anilines is 1. The number of nitrogens with two attached hydrogens (primary N) is 1. The smallest absolute Gasteiger partial charge is 0.269 e. The number of rotatable bonds is 6. The fourth-order valence-corrected chi connectivity index (χ4v) is 3.85. The van der Waals surface area contributed by atoms with Crippen molar-refractivity contribution < 1.29 is 9.53 Å². The van der Waals surface area contributed by atoms with E-state index in [1.807, 2.05) is 0 Å². The highest BCUT2D eigenvalue weighted by Crippen LogP contribution is 2.37. The zero-order valence-corrected chi connectivity index (χ0v) is 17.7. The molecular formula is C22H18N6O2S. The molecule has 3 aromatic rings. The van der Waals surface area contributed by atoms with Gasteiger partial charge in [-0.05, 0) is 35.4 Å². The molecule has 0 aliphatic carbocycles. The number of benzene rings is 1. The fourth-order valence-electron chi connectivity index (χ4n) is 2.92. The highest BCUT2D eigenvalue weighted by atomic mass is 32.2. The summed E-state index contributed by atoms with van der Waals surface area (Å²) in [5.74, 6) is 0.853. The van der Waals surface area contributed by atoms with E-state index in [9.17, 15) is 15.3 Å². The third-order valence-electron chi connectivity index (χ3n) is 4.45. The van der Waals surface area contributed by atoms with Crippen molar-refractivity contribution in [3.05, 3.63) is 65.0 Å². The first-order valence-corrected chi connectivity index (χ1v) is 10.1. The molecule has 0 saturated heterocycles. The first-order chi connectivity index (χ1) is 15.0. The number of ether oxygens (including phenoxy) is 1. The SMILES string of the molecule is CNC(=O)c1cc(CSc2nc(N)c(C#N)c(-c3ccc(OC)cc3)c2C#N)ccn1. The Bertz CT molecular complexity index is 1210. The molecule has 8 nitrogen and oxygen atoms in total. The van der Waals surface area contributed by atoms with E-state index in [0.717, 1.165) is 5.56 Å². The van der Waals surface area contributed by atoms with E-state index in [1.54, 1.807) is 49.7 Å². The Morgan fingerprint density at radius 3 is 2.52 bits per heavy atom. The van der Waals surface area contributed by atoms with Crippen LogP contribution in [0.2, 0.25) is 0 Å². The number of thioether (sulfide) groups is 1. The van der Waals surface area contributed by atoms with E-state index >= 15 is 0 Å². The second-order valence-electron chi connectivity index (χ2n) is 6.30. The van der Waals surface area contributed by atoms with Gasteiger partial charge < -0.3 is 15.8 Å². The quantitative estimate of drug-likeness (QED) is 0.569. The van der Waals surface area contributed by atoms with Gasteiger partial charge in [0.1, 0.15) is 40.0 Å². The van der Waals surface area contributed by atoms with Crippen LogP contribution in [0.25, 0.3) is 11.1 Å². The lowest BCUT2D eigenvalue weighted by Gasteiger charge is -2.13. The van der Waals surface area contributed by atoms with E-state index < -0.39 is 0 Å². The second kappa shape index (κ2) is 9.61. The Morgan fingerprint density at radius 2 is 1.90 bits per heavy atom. The summed E-state index contributed by atoms with van der Waals surface area (Å²) < 4.78 is 5.18. The van der Waals surface area contributed by atoms with E-state index in [4.69, 9.17) is 10.5 Å². The molecule has 1 amide bonds. The van der Waals surface area contributed by atoms with Crippen molar-refractivity contribution >= 4 is 23.5 Å². The van der Waals surface area contributed by atoms with Crippen molar-refractivity contribution in [1.29, 1.82) is 10.5 Å². The molecule has 1 aromatic carbocycles. The summed E-state index contributed by atoms with van der Waals surface area (Å²) in [7, 11) is 3.10. The fraction of sp³-hybridized carbons (Fsp3) is 0.136. The van der Waals surface area contributed by atoms with Crippen LogP contribution in [-0.4, -0.2) is 30.0 Å². The minimum absolute atomic E-state index is 0.0515. The van der Waals surface area contributed by atoms with Crippen molar-refractivity contribution in [3.8, 4) is 29.0 Å². The third-order valence-corrected chi connectivity index (χ3v) is 5.50. The van der Waals surface area contributed by atoms with Gasteiger partial charge in [0.15, 0.2) is 0 Å². The summed E-state index contributed by atoms with van der Waals surface area (Å²) in [6.45, 7) is 0. The van der Waals surface area contributed by atoms with Gasteiger partial charge in [-0.25, -0.2) is 4.98 Å². The Morgan fingerprint density at radius 1 is 1.19 bits per heavy atom. The summed E-state index contributed by atoms with van der Waals surface area (Å²) in [6, 6.07) is 14.7. The highest BCUT2D eigenvalue weighted by Gasteiger charge is 2.20. The van der Waals surface area contributed by atoms with Gasteiger partial charge in [0.25, 0.3) is 5.91 Å². The van der Waals surface area contributed by atoms with Gasteiger partial charge in [0.05, 0.1) is 12.7 Å². The third kappa shape index (κ3) is 4.58. The summed E-state index contributed by atoms with van der Waals surface area (Å²) in [4.78, 5) is 20.2. The largest absolute Gasteiger partial charge is 0.497 e. The maximum atomic E-state index is 11.8. The molecule has 154 valence electrons. The van der Waals surface area contributed by atoms with Crippen LogP contribution in [0.5, 0.6) is 5.75 Å². The van der Waals surface area contributed by atoms with Crippen LogP contribution in [0.3, 0.4) is 0 Å². The van der Waals surface area contributed by atoms with Gasteiger partial charge in [-0.1, -0.05) is 12.1 Å². The molecule has 3 N–H and O–H groups in total. The Kier molecular flexibility index (Phi) is 6.71. The van der Waals surface area contributed by atoms with Gasteiger partial charge in [-0.15, -0.1) is 11.8 Å².